The standard InChI is InChI=1S/C16H22N2O5S/c1-11-3-6-14(16(20)21)9-18(11)24(22,23)10-12-4-7-13(8-5-12)15(19)17-2/h4-5,7-8,11,14H,3,6,9-10H2,1-2H3,(H,17,19)(H,20,21). The molecule has 2 atom stereocenters. The zero-order valence-electron chi connectivity index (χ0n) is 13.7. The number of nitrogens with zero attached hydrogens (tertiary/aromatic N) is 1. The van der Waals surface area contributed by atoms with Crippen LogP contribution in [0.5, 0.6) is 0 Å². The van der Waals surface area contributed by atoms with Crippen LogP contribution < -0.4 is 5.32 Å². The minimum Gasteiger partial charge on any atom is -0.481 e. The fourth-order valence-electron chi connectivity index (χ4n) is 2.85. The van der Waals surface area contributed by atoms with Gasteiger partial charge in [0.25, 0.3) is 5.91 Å². The average Bonchev–Trinajstić information content (AvgIpc) is 2.54. The van der Waals surface area contributed by atoms with Gasteiger partial charge in [-0.2, -0.15) is 4.31 Å². The van der Waals surface area contributed by atoms with Gasteiger partial charge in [0.2, 0.25) is 10.0 Å². The molecule has 1 aliphatic rings. The normalized spacial score (nSPS) is 22.1. The predicted molar refractivity (Wildman–Crippen MR) is 89.0 cm³/mol. The first-order valence-electron chi connectivity index (χ1n) is 7.78. The third kappa shape index (κ3) is 4.12. The quantitative estimate of drug-likeness (QED) is 0.823. The smallest absolute Gasteiger partial charge is 0.307 e. The molecule has 1 heterocycles. The van der Waals surface area contributed by atoms with E-state index in [4.69, 9.17) is 5.11 Å². The minimum absolute atomic E-state index is 0.00908. The van der Waals surface area contributed by atoms with Crippen LogP contribution in [0.25, 0.3) is 0 Å². The van der Waals surface area contributed by atoms with Crippen LogP contribution in [-0.4, -0.2) is 49.3 Å². The second kappa shape index (κ2) is 7.31. The number of amides is 1. The van der Waals surface area contributed by atoms with Gasteiger partial charge in [0.05, 0.1) is 11.7 Å². The molecule has 7 nitrogen and oxygen atoms in total. The van der Waals surface area contributed by atoms with Gasteiger partial charge in [-0.1, -0.05) is 12.1 Å². The molecule has 132 valence electrons. The molecule has 2 rings (SSSR count). The first-order chi connectivity index (χ1) is 11.2. The Bertz CT molecular complexity index is 714. The van der Waals surface area contributed by atoms with Gasteiger partial charge in [-0.25, -0.2) is 8.42 Å². The second-order valence-electron chi connectivity index (χ2n) is 6.06. The van der Waals surface area contributed by atoms with Crippen molar-refractivity contribution in [2.45, 2.75) is 31.6 Å². The van der Waals surface area contributed by atoms with Gasteiger partial charge >= 0.3 is 5.97 Å². The number of carboxylic acids is 1. The highest BCUT2D eigenvalue weighted by Crippen LogP contribution is 2.26. The summed E-state index contributed by atoms with van der Waals surface area (Å²) in [4.78, 5) is 22.7. The Labute approximate surface area is 141 Å². The van der Waals surface area contributed by atoms with Gasteiger partial charge in [0, 0.05) is 25.2 Å². The van der Waals surface area contributed by atoms with Crippen LogP contribution in [-0.2, 0) is 20.6 Å². The van der Waals surface area contributed by atoms with Crippen molar-refractivity contribution in [3.8, 4) is 0 Å². The Morgan fingerprint density at radius 3 is 2.42 bits per heavy atom. The number of aliphatic carboxylic acids is 1. The average molecular weight is 354 g/mol. The van der Waals surface area contributed by atoms with E-state index in [9.17, 15) is 18.0 Å². The molecule has 0 spiro atoms. The van der Waals surface area contributed by atoms with Crippen molar-refractivity contribution in [3.05, 3.63) is 35.4 Å². The molecular formula is C16H22N2O5S. The van der Waals surface area contributed by atoms with E-state index in [0.29, 0.717) is 24.0 Å². The van der Waals surface area contributed by atoms with Crippen LogP contribution in [0.3, 0.4) is 0 Å². The first-order valence-corrected chi connectivity index (χ1v) is 9.39. The molecule has 0 bridgehead atoms. The molecule has 2 N–H and O–H groups in total. The number of rotatable bonds is 5. The summed E-state index contributed by atoms with van der Waals surface area (Å²) in [7, 11) is -2.10. The number of sulfonamides is 1. The Morgan fingerprint density at radius 1 is 1.25 bits per heavy atom. The van der Waals surface area contributed by atoms with Crippen molar-refractivity contribution in [1.29, 1.82) is 0 Å². The summed E-state index contributed by atoms with van der Waals surface area (Å²) in [5, 5.41) is 11.6. The van der Waals surface area contributed by atoms with E-state index in [2.05, 4.69) is 5.32 Å². The van der Waals surface area contributed by atoms with Crippen molar-refractivity contribution < 1.29 is 23.1 Å². The molecule has 0 radical (unpaired) electrons. The Hall–Kier alpha value is -1.93. The van der Waals surface area contributed by atoms with Crippen LogP contribution >= 0.6 is 0 Å². The Balaban J connectivity index is 2.15. The molecule has 1 aromatic rings. The number of hydrogen-bond acceptors (Lipinski definition) is 4. The van der Waals surface area contributed by atoms with Gasteiger partial charge in [-0.05, 0) is 37.5 Å². The molecule has 2 unspecified atom stereocenters. The number of piperidine rings is 1. The number of carbonyl (C=O) groups is 2. The molecule has 24 heavy (non-hydrogen) atoms. The number of hydrogen-bond donors (Lipinski definition) is 2. The molecule has 1 aliphatic heterocycles. The minimum atomic E-state index is -3.62. The molecule has 1 aromatic carbocycles. The number of carboxylic acid groups (broad SMARTS) is 1. The van der Waals surface area contributed by atoms with Crippen molar-refractivity contribution in [3.63, 3.8) is 0 Å². The van der Waals surface area contributed by atoms with Gasteiger partial charge in [-0.15, -0.1) is 0 Å². The van der Waals surface area contributed by atoms with Crippen LogP contribution in [0.2, 0.25) is 0 Å². The van der Waals surface area contributed by atoms with E-state index in [1.54, 1.807) is 31.2 Å². The summed E-state index contributed by atoms with van der Waals surface area (Å²) in [6, 6.07) is 6.14. The van der Waals surface area contributed by atoms with E-state index in [-0.39, 0.29) is 24.2 Å². The third-order valence-corrected chi connectivity index (χ3v) is 6.25. The number of benzene rings is 1. The summed E-state index contributed by atoms with van der Waals surface area (Å²) in [5.74, 6) is -2.07. The molecule has 0 aromatic heterocycles. The number of nitrogens with one attached hydrogen (secondary N) is 1. The zero-order chi connectivity index (χ0) is 17.9. The molecular weight excluding hydrogens is 332 g/mol. The summed E-state index contributed by atoms with van der Waals surface area (Å²) < 4.78 is 26.6. The lowest BCUT2D eigenvalue weighted by molar-refractivity contribution is -0.143. The maximum Gasteiger partial charge on any atom is 0.307 e. The topological polar surface area (TPSA) is 104 Å². The summed E-state index contributed by atoms with van der Waals surface area (Å²) in [5.41, 5.74) is 1.02. The summed E-state index contributed by atoms with van der Waals surface area (Å²) in [6.45, 7) is 1.81. The lowest BCUT2D eigenvalue weighted by Crippen LogP contribution is -2.47. The van der Waals surface area contributed by atoms with E-state index < -0.39 is 21.9 Å². The van der Waals surface area contributed by atoms with Crippen LogP contribution in [0.1, 0.15) is 35.7 Å². The lowest BCUT2D eigenvalue weighted by atomic mass is 9.96. The van der Waals surface area contributed by atoms with Crippen molar-refractivity contribution >= 4 is 21.9 Å². The SMILES string of the molecule is CNC(=O)c1ccc(CS(=O)(=O)N2CC(C(=O)O)CCC2C)cc1. The van der Waals surface area contributed by atoms with E-state index in [1.165, 1.54) is 11.4 Å². The van der Waals surface area contributed by atoms with E-state index >= 15 is 0 Å². The highest BCUT2D eigenvalue weighted by Gasteiger charge is 2.36. The van der Waals surface area contributed by atoms with Crippen molar-refractivity contribution in [1.82, 2.24) is 9.62 Å². The monoisotopic (exact) mass is 354 g/mol. The van der Waals surface area contributed by atoms with Crippen molar-refractivity contribution in [2.24, 2.45) is 5.92 Å². The van der Waals surface area contributed by atoms with Crippen LogP contribution in [0.15, 0.2) is 24.3 Å². The van der Waals surface area contributed by atoms with Gasteiger partial charge < -0.3 is 10.4 Å². The lowest BCUT2D eigenvalue weighted by Gasteiger charge is -2.35. The molecule has 1 saturated heterocycles. The molecule has 0 aliphatic carbocycles. The van der Waals surface area contributed by atoms with E-state index in [1.807, 2.05) is 0 Å². The van der Waals surface area contributed by atoms with Crippen LogP contribution in [0.4, 0.5) is 0 Å². The number of carbonyl (C=O) groups excluding carboxylic acids is 1. The Morgan fingerprint density at radius 2 is 1.88 bits per heavy atom. The summed E-state index contributed by atoms with van der Waals surface area (Å²) in [6.07, 6.45) is 1.02. The Kier molecular flexibility index (Phi) is 5.61. The highest BCUT2D eigenvalue weighted by molar-refractivity contribution is 7.88. The molecule has 1 fully saturated rings. The summed E-state index contributed by atoms with van der Waals surface area (Å²) >= 11 is 0. The zero-order valence-corrected chi connectivity index (χ0v) is 14.5. The fourth-order valence-corrected chi connectivity index (χ4v) is 4.69. The fraction of sp³-hybridized carbons (Fsp3) is 0.500. The van der Waals surface area contributed by atoms with E-state index in [0.717, 1.165) is 0 Å². The second-order valence-corrected chi connectivity index (χ2v) is 7.99. The van der Waals surface area contributed by atoms with Gasteiger partial charge in [0.15, 0.2) is 0 Å². The first kappa shape index (κ1) is 18.4. The van der Waals surface area contributed by atoms with Crippen LogP contribution in [0, 0.1) is 5.92 Å². The maximum atomic E-state index is 12.7. The molecule has 8 heteroatoms. The molecule has 1 amide bonds. The maximum absolute atomic E-state index is 12.7. The van der Waals surface area contributed by atoms with Crippen molar-refractivity contribution in [2.75, 3.05) is 13.6 Å². The highest BCUT2D eigenvalue weighted by atomic mass is 32.2. The third-order valence-electron chi connectivity index (χ3n) is 4.32. The largest absolute Gasteiger partial charge is 0.481 e. The predicted octanol–water partition coefficient (Wildman–Crippen LogP) is 1.06. The van der Waals surface area contributed by atoms with Gasteiger partial charge in [0.1, 0.15) is 0 Å². The van der Waals surface area contributed by atoms with Gasteiger partial charge in [-0.3, -0.25) is 9.59 Å². The molecule has 0 saturated carbocycles.